The van der Waals surface area contributed by atoms with Gasteiger partial charge in [-0.2, -0.15) is 0 Å². The standard InChI is InChI=1S/C23H23FN2O2/c1-15-10-11-16-13-17(22(27)25-21(16)12-15)14-26(18-6-2-3-7-18)23(28)19-8-4-5-9-20(19)24/h4-5,8-13,18H,2-3,6-7,14H2,1H3,(H,25,27). The van der Waals surface area contributed by atoms with Crippen molar-refractivity contribution in [2.24, 2.45) is 0 Å². The van der Waals surface area contributed by atoms with Crippen molar-refractivity contribution in [3.05, 3.63) is 81.4 Å². The van der Waals surface area contributed by atoms with Gasteiger partial charge in [0, 0.05) is 17.1 Å². The summed E-state index contributed by atoms with van der Waals surface area (Å²) in [6, 6.07) is 13.8. The summed E-state index contributed by atoms with van der Waals surface area (Å²) in [5.41, 5.74) is 2.22. The van der Waals surface area contributed by atoms with E-state index in [1.54, 1.807) is 17.0 Å². The molecule has 0 saturated heterocycles. The third kappa shape index (κ3) is 3.57. The number of aryl methyl sites for hydroxylation is 1. The van der Waals surface area contributed by atoms with E-state index in [9.17, 15) is 14.0 Å². The summed E-state index contributed by atoms with van der Waals surface area (Å²) >= 11 is 0. The molecule has 4 nitrogen and oxygen atoms in total. The first-order valence-electron chi connectivity index (χ1n) is 9.71. The molecule has 0 radical (unpaired) electrons. The van der Waals surface area contributed by atoms with Crippen LogP contribution in [-0.4, -0.2) is 21.8 Å². The van der Waals surface area contributed by atoms with Gasteiger partial charge < -0.3 is 9.88 Å². The minimum absolute atomic E-state index is 0.0280. The fraction of sp³-hybridized carbons (Fsp3) is 0.304. The zero-order chi connectivity index (χ0) is 19.7. The molecule has 3 aromatic rings. The largest absolute Gasteiger partial charge is 0.331 e. The number of hydrogen-bond acceptors (Lipinski definition) is 2. The van der Waals surface area contributed by atoms with Crippen molar-refractivity contribution in [1.29, 1.82) is 0 Å². The minimum atomic E-state index is -0.529. The molecule has 0 bridgehead atoms. The van der Waals surface area contributed by atoms with Crippen LogP contribution in [0.3, 0.4) is 0 Å². The average Bonchev–Trinajstić information content (AvgIpc) is 3.20. The lowest BCUT2D eigenvalue weighted by Crippen LogP contribution is -2.40. The Morgan fingerprint density at radius 1 is 1.14 bits per heavy atom. The van der Waals surface area contributed by atoms with E-state index in [1.807, 2.05) is 31.2 Å². The van der Waals surface area contributed by atoms with Crippen LogP contribution in [0.25, 0.3) is 10.9 Å². The minimum Gasteiger partial charge on any atom is -0.331 e. The highest BCUT2D eigenvalue weighted by Crippen LogP contribution is 2.27. The van der Waals surface area contributed by atoms with Gasteiger partial charge in [-0.1, -0.05) is 37.1 Å². The average molecular weight is 378 g/mol. The highest BCUT2D eigenvalue weighted by Gasteiger charge is 2.29. The predicted octanol–water partition coefficient (Wildman–Crippen LogP) is 4.56. The topological polar surface area (TPSA) is 53.2 Å². The van der Waals surface area contributed by atoms with Crippen LogP contribution in [0, 0.1) is 12.7 Å². The number of pyridine rings is 1. The van der Waals surface area contributed by atoms with Gasteiger partial charge in [0.1, 0.15) is 5.82 Å². The smallest absolute Gasteiger partial charge is 0.257 e. The number of carbonyl (C=O) groups is 1. The van der Waals surface area contributed by atoms with E-state index in [1.165, 1.54) is 12.1 Å². The van der Waals surface area contributed by atoms with Gasteiger partial charge in [-0.15, -0.1) is 0 Å². The molecular weight excluding hydrogens is 355 g/mol. The number of aromatic amines is 1. The third-order valence-electron chi connectivity index (χ3n) is 5.55. The van der Waals surface area contributed by atoms with Crippen LogP contribution in [0.15, 0.2) is 53.3 Å². The molecule has 1 aliphatic rings. The molecule has 144 valence electrons. The number of hydrogen-bond donors (Lipinski definition) is 1. The van der Waals surface area contributed by atoms with Gasteiger partial charge in [-0.05, 0) is 55.0 Å². The molecule has 1 amide bonds. The first-order chi connectivity index (χ1) is 13.5. The molecule has 0 unspecified atom stereocenters. The molecule has 5 heteroatoms. The number of H-pyrrole nitrogens is 1. The van der Waals surface area contributed by atoms with Crippen molar-refractivity contribution in [3.8, 4) is 0 Å². The Hall–Kier alpha value is -2.95. The van der Waals surface area contributed by atoms with Gasteiger partial charge >= 0.3 is 0 Å². The van der Waals surface area contributed by atoms with E-state index < -0.39 is 5.82 Å². The van der Waals surface area contributed by atoms with Crippen molar-refractivity contribution >= 4 is 16.8 Å². The molecule has 1 heterocycles. The van der Waals surface area contributed by atoms with Gasteiger partial charge in [-0.25, -0.2) is 4.39 Å². The summed E-state index contributed by atoms with van der Waals surface area (Å²) in [6.07, 6.45) is 3.84. The maximum absolute atomic E-state index is 14.2. The lowest BCUT2D eigenvalue weighted by Gasteiger charge is -2.29. The number of fused-ring (bicyclic) bond motifs is 1. The second-order valence-corrected chi connectivity index (χ2v) is 7.57. The summed E-state index contributed by atoms with van der Waals surface area (Å²) < 4.78 is 14.2. The summed E-state index contributed by atoms with van der Waals surface area (Å²) in [5.74, 6) is -0.883. The summed E-state index contributed by atoms with van der Waals surface area (Å²) in [7, 11) is 0. The van der Waals surface area contributed by atoms with Crippen molar-refractivity contribution in [2.75, 3.05) is 0 Å². The maximum atomic E-state index is 14.2. The van der Waals surface area contributed by atoms with Gasteiger partial charge in [0.15, 0.2) is 0 Å². The molecule has 0 spiro atoms. The Bertz CT molecular complexity index is 1080. The highest BCUT2D eigenvalue weighted by atomic mass is 19.1. The van der Waals surface area contributed by atoms with E-state index in [0.717, 1.165) is 42.1 Å². The Morgan fingerprint density at radius 3 is 2.64 bits per heavy atom. The fourth-order valence-corrected chi connectivity index (χ4v) is 4.03. The summed E-state index contributed by atoms with van der Waals surface area (Å²) in [4.78, 5) is 30.4. The Morgan fingerprint density at radius 2 is 1.89 bits per heavy atom. The second kappa shape index (κ2) is 7.58. The van der Waals surface area contributed by atoms with E-state index in [4.69, 9.17) is 0 Å². The SMILES string of the molecule is Cc1ccc2cc(CN(C(=O)c3ccccc3F)C3CCCC3)c(=O)[nH]c2c1. The molecule has 4 rings (SSSR count). The van der Waals surface area contributed by atoms with Crippen molar-refractivity contribution in [3.63, 3.8) is 0 Å². The lowest BCUT2D eigenvalue weighted by molar-refractivity contribution is 0.0659. The number of halogens is 1. The quantitative estimate of drug-likeness (QED) is 0.724. The second-order valence-electron chi connectivity index (χ2n) is 7.57. The zero-order valence-electron chi connectivity index (χ0n) is 15.9. The molecule has 1 aliphatic carbocycles. The Kier molecular flexibility index (Phi) is 4.99. The highest BCUT2D eigenvalue weighted by molar-refractivity contribution is 5.94. The maximum Gasteiger partial charge on any atom is 0.257 e. The van der Waals surface area contributed by atoms with Crippen molar-refractivity contribution < 1.29 is 9.18 Å². The van der Waals surface area contributed by atoms with Crippen molar-refractivity contribution in [1.82, 2.24) is 9.88 Å². The van der Waals surface area contributed by atoms with Gasteiger partial charge in [0.05, 0.1) is 12.1 Å². The van der Waals surface area contributed by atoms with Crippen molar-refractivity contribution in [2.45, 2.75) is 45.2 Å². The van der Waals surface area contributed by atoms with E-state index in [0.29, 0.717) is 5.56 Å². The number of benzene rings is 2. The van der Waals surface area contributed by atoms with E-state index in [2.05, 4.69) is 4.98 Å². The molecular formula is C23H23FN2O2. The van der Waals surface area contributed by atoms with E-state index in [-0.39, 0.29) is 29.6 Å². The normalized spacial score (nSPS) is 14.5. The number of carbonyl (C=O) groups excluding carboxylic acids is 1. The predicted molar refractivity (Wildman–Crippen MR) is 108 cm³/mol. The van der Waals surface area contributed by atoms with Gasteiger partial charge in [0.25, 0.3) is 11.5 Å². The molecule has 1 saturated carbocycles. The first-order valence-corrected chi connectivity index (χ1v) is 9.71. The van der Waals surface area contributed by atoms with Gasteiger partial charge in [-0.3, -0.25) is 9.59 Å². The molecule has 28 heavy (non-hydrogen) atoms. The van der Waals surface area contributed by atoms with Crippen LogP contribution < -0.4 is 5.56 Å². The monoisotopic (exact) mass is 378 g/mol. The number of aromatic nitrogens is 1. The number of nitrogens with zero attached hydrogens (tertiary/aromatic N) is 1. The Labute approximate surface area is 163 Å². The number of amides is 1. The van der Waals surface area contributed by atoms with Crippen LogP contribution in [0.2, 0.25) is 0 Å². The molecule has 2 aromatic carbocycles. The van der Waals surface area contributed by atoms with Gasteiger partial charge in [0.2, 0.25) is 0 Å². The zero-order valence-corrected chi connectivity index (χ0v) is 15.9. The lowest BCUT2D eigenvalue weighted by atomic mass is 10.1. The third-order valence-corrected chi connectivity index (χ3v) is 5.55. The first kappa shape index (κ1) is 18.4. The number of nitrogens with one attached hydrogen (secondary N) is 1. The molecule has 1 fully saturated rings. The van der Waals surface area contributed by atoms with Crippen LogP contribution >= 0.6 is 0 Å². The molecule has 0 atom stereocenters. The molecule has 1 N–H and O–H groups in total. The number of rotatable bonds is 4. The molecule has 0 aliphatic heterocycles. The summed E-state index contributed by atoms with van der Waals surface area (Å²) in [5, 5.41) is 0.921. The van der Waals surface area contributed by atoms with Crippen LogP contribution in [0.5, 0.6) is 0 Å². The Balaban J connectivity index is 1.72. The summed E-state index contributed by atoms with van der Waals surface area (Å²) in [6.45, 7) is 2.15. The van der Waals surface area contributed by atoms with Crippen LogP contribution in [0.4, 0.5) is 4.39 Å². The van der Waals surface area contributed by atoms with Crippen LogP contribution in [-0.2, 0) is 6.54 Å². The molecule has 1 aromatic heterocycles. The van der Waals surface area contributed by atoms with Crippen LogP contribution in [0.1, 0.15) is 47.2 Å². The fourth-order valence-electron chi connectivity index (χ4n) is 4.03. The van der Waals surface area contributed by atoms with E-state index >= 15 is 0 Å².